The van der Waals surface area contributed by atoms with Crippen LogP contribution in [0.1, 0.15) is 38.2 Å². The van der Waals surface area contributed by atoms with Crippen LogP contribution in [-0.4, -0.2) is 25.1 Å². The Morgan fingerprint density at radius 2 is 2.29 bits per heavy atom. The molecule has 5 heteroatoms. The van der Waals surface area contributed by atoms with E-state index in [1.165, 1.54) is 0 Å². The molecule has 0 bridgehead atoms. The normalized spacial score (nSPS) is 19.0. The second-order valence-corrected chi connectivity index (χ2v) is 6.24. The highest BCUT2D eigenvalue weighted by Crippen LogP contribution is 2.23. The fourth-order valence-corrected chi connectivity index (χ4v) is 2.81. The predicted octanol–water partition coefficient (Wildman–Crippen LogP) is 3.00. The quantitative estimate of drug-likeness (QED) is 0.825. The van der Waals surface area contributed by atoms with Gasteiger partial charge in [-0.05, 0) is 43.9 Å². The van der Waals surface area contributed by atoms with Gasteiger partial charge in [-0.25, -0.2) is 0 Å². The molecule has 1 fully saturated rings. The van der Waals surface area contributed by atoms with Gasteiger partial charge in [-0.1, -0.05) is 22.9 Å². The fourth-order valence-electron chi connectivity index (χ4n) is 2.41. The lowest BCUT2D eigenvalue weighted by molar-refractivity contribution is -0.122. The minimum Gasteiger partial charge on any atom is -0.493 e. The van der Waals surface area contributed by atoms with E-state index in [1.54, 1.807) is 0 Å². The molecule has 0 spiro atoms. The van der Waals surface area contributed by atoms with E-state index in [0.29, 0.717) is 13.2 Å². The Morgan fingerprint density at radius 3 is 3.10 bits per heavy atom. The highest BCUT2D eigenvalue weighted by atomic mass is 79.9. The first-order valence-corrected chi connectivity index (χ1v) is 8.42. The summed E-state index contributed by atoms with van der Waals surface area (Å²) in [5.74, 6) is 1.00. The molecule has 0 radical (unpaired) electrons. The van der Waals surface area contributed by atoms with E-state index >= 15 is 0 Å². The molecular weight excluding hydrogens is 332 g/mol. The van der Waals surface area contributed by atoms with E-state index in [4.69, 9.17) is 4.74 Å². The fraction of sp³-hybridized carbons (Fsp3) is 0.562. The lowest BCUT2D eigenvalue weighted by Gasteiger charge is -2.17. The van der Waals surface area contributed by atoms with Crippen molar-refractivity contribution in [3.8, 4) is 5.75 Å². The molecule has 2 rings (SSSR count). The zero-order chi connectivity index (χ0) is 15.1. The number of rotatable bonds is 6. The van der Waals surface area contributed by atoms with Crippen LogP contribution in [0.4, 0.5) is 0 Å². The van der Waals surface area contributed by atoms with Gasteiger partial charge in [0.25, 0.3) is 0 Å². The minimum absolute atomic E-state index is 0.106. The third-order valence-corrected chi connectivity index (χ3v) is 4.05. The van der Waals surface area contributed by atoms with Crippen molar-refractivity contribution < 1.29 is 9.53 Å². The Balaban J connectivity index is 2.00. The van der Waals surface area contributed by atoms with Crippen molar-refractivity contribution in [3.05, 3.63) is 28.2 Å². The number of carbonyl (C=O) groups is 1. The second kappa shape index (κ2) is 8.39. The lowest BCUT2D eigenvalue weighted by Crippen LogP contribution is -2.42. The number of benzene rings is 1. The molecule has 0 aromatic heterocycles. The van der Waals surface area contributed by atoms with E-state index in [0.717, 1.165) is 48.0 Å². The van der Waals surface area contributed by atoms with E-state index in [9.17, 15) is 4.79 Å². The second-order valence-electron chi connectivity index (χ2n) is 5.32. The van der Waals surface area contributed by atoms with Crippen molar-refractivity contribution in [2.45, 2.75) is 45.2 Å². The van der Waals surface area contributed by atoms with E-state index in [1.807, 2.05) is 18.2 Å². The Hall–Kier alpha value is -1.07. The van der Waals surface area contributed by atoms with E-state index in [-0.39, 0.29) is 11.9 Å². The average Bonchev–Trinajstić information content (AvgIpc) is 2.68. The van der Waals surface area contributed by atoms with E-state index in [2.05, 4.69) is 33.5 Å². The smallest absolute Gasteiger partial charge is 0.237 e. The summed E-state index contributed by atoms with van der Waals surface area (Å²) in [6, 6.07) is 5.90. The number of nitrogens with one attached hydrogen (secondary N) is 2. The highest BCUT2D eigenvalue weighted by molar-refractivity contribution is 9.10. The van der Waals surface area contributed by atoms with Crippen molar-refractivity contribution in [2.75, 3.05) is 13.2 Å². The van der Waals surface area contributed by atoms with Gasteiger partial charge in [0.2, 0.25) is 5.91 Å². The van der Waals surface area contributed by atoms with Gasteiger partial charge in [-0.15, -0.1) is 0 Å². The molecule has 1 unspecified atom stereocenters. The van der Waals surface area contributed by atoms with Gasteiger partial charge in [0.05, 0.1) is 12.6 Å². The Kier molecular flexibility index (Phi) is 6.51. The van der Waals surface area contributed by atoms with Crippen LogP contribution in [0.2, 0.25) is 0 Å². The summed E-state index contributed by atoms with van der Waals surface area (Å²) in [5.41, 5.74) is 1.08. The Bertz CT molecular complexity index is 479. The molecule has 1 aliphatic rings. The number of carbonyl (C=O) groups excluding carboxylic acids is 1. The zero-order valence-electron chi connectivity index (χ0n) is 12.5. The van der Waals surface area contributed by atoms with Gasteiger partial charge in [0, 0.05) is 23.1 Å². The third-order valence-electron chi connectivity index (χ3n) is 3.56. The standard InChI is InChI=1S/C16H23BrN2O2/c1-2-9-21-15-7-6-13(17)10-12(15)11-19-14-5-3-4-8-18-16(14)20/h6-7,10,14,19H,2-5,8-9,11H2,1H3,(H,18,20). The maximum absolute atomic E-state index is 11.9. The van der Waals surface area contributed by atoms with Crippen LogP contribution in [-0.2, 0) is 11.3 Å². The maximum Gasteiger partial charge on any atom is 0.237 e. The van der Waals surface area contributed by atoms with Crippen LogP contribution < -0.4 is 15.4 Å². The zero-order valence-corrected chi connectivity index (χ0v) is 14.0. The molecule has 1 heterocycles. The maximum atomic E-state index is 11.9. The number of amides is 1. The predicted molar refractivity (Wildman–Crippen MR) is 87.4 cm³/mol. The number of hydrogen-bond donors (Lipinski definition) is 2. The molecule has 1 atom stereocenters. The molecule has 116 valence electrons. The van der Waals surface area contributed by atoms with Gasteiger partial charge < -0.3 is 15.4 Å². The summed E-state index contributed by atoms with van der Waals surface area (Å²) in [5, 5.41) is 6.31. The highest BCUT2D eigenvalue weighted by Gasteiger charge is 2.20. The van der Waals surface area contributed by atoms with Crippen LogP contribution in [0, 0.1) is 0 Å². The molecule has 4 nitrogen and oxygen atoms in total. The molecule has 1 amide bonds. The summed E-state index contributed by atoms with van der Waals surface area (Å²) in [4.78, 5) is 11.9. The SMILES string of the molecule is CCCOc1ccc(Br)cc1CNC1CCCCNC1=O. The van der Waals surface area contributed by atoms with Gasteiger partial charge in [0.15, 0.2) is 0 Å². The lowest BCUT2D eigenvalue weighted by atomic mass is 10.1. The van der Waals surface area contributed by atoms with E-state index < -0.39 is 0 Å². The summed E-state index contributed by atoms with van der Waals surface area (Å²) in [7, 11) is 0. The molecule has 1 aromatic carbocycles. The van der Waals surface area contributed by atoms with Crippen LogP contribution in [0.3, 0.4) is 0 Å². The number of halogens is 1. The third kappa shape index (κ3) is 5.00. The van der Waals surface area contributed by atoms with Gasteiger partial charge in [0.1, 0.15) is 5.75 Å². The van der Waals surface area contributed by atoms with Crippen molar-refractivity contribution in [1.82, 2.24) is 10.6 Å². The largest absolute Gasteiger partial charge is 0.493 e. The van der Waals surface area contributed by atoms with Crippen LogP contribution >= 0.6 is 15.9 Å². The van der Waals surface area contributed by atoms with Crippen LogP contribution in [0.25, 0.3) is 0 Å². The molecule has 0 aliphatic carbocycles. The Morgan fingerprint density at radius 1 is 1.43 bits per heavy atom. The average molecular weight is 355 g/mol. The summed E-state index contributed by atoms with van der Waals surface area (Å²) >= 11 is 3.49. The first-order valence-electron chi connectivity index (χ1n) is 7.63. The van der Waals surface area contributed by atoms with Crippen molar-refractivity contribution >= 4 is 21.8 Å². The summed E-state index contributed by atoms with van der Waals surface area (Å²) in [6.45, 7) is 4.22. The first kappa shape index (κ1) is 16.3. The molecule has 1 saturated heterocycles. The number of hydrogen-bond acceptors (Lipinski definition) is 3. The monoisotopic (exact) mass is 354 g/mol. The first-order chi connectivity index (χ1) is 10.2. The molecule has 0 saturated carbocycles. The topological polar surface area (TPSA) is 50.4 Å². The minimum atomic E-state index is -0.106. The molecule has 1 aromatic rings. The molecular formula is C16H23BrN2O2. The summed E-state index contributed by atoms with van der Waals surface area (Å²) < 4.78 is 6.79. The Labute approximate surface area is 134 Å². The summed E-state index contributed by atoms with van der Waals surface area (Å²) in [6.07, 6.45) is 4.01. The molecule has 21 heavy (non-hydrogen) atoms. The van der Waals surface area contributed by atoms with Gasteiger partial charge >= 0.3 is 0 Å². The van der Waals surface area contributed by atoms with Crippen molar-refractivity contribution in [1.29, 1.82) is 0 Å². The van der Waals surface area contributed by atoms with Crippen molar-refractivity contribution in [2.24, 2.45) is 0 Å². The molecule has 2 N–H and O–H groups in total. The van der Waals surface area contributed by atoms with Gasteiger partial charge in [-0.3, -0.25) is 4.79 Å². The van der Waals surface area contributed by atoms with Crippen LogP contribution in [0.5, 0.6) is 5.75 Å². The molecule has 1 aliphatic heterocycles. The van der Waals surface area contributed by atoms with Crippen molar-refractivity contribution in [3.63, 3.8) is 0 Å². The van der Waals surface area contributed by atoms with Gasteiger partial charge in [-0.2, -0.15) is 0 Å². The van der Waals surface area contributed by atoms with Crippen LogP contribution in [0.15, 0.2) is 22.7 Å². The number of ether oxygens (including phenoxy) is 1.